The van der Waals surface area contributed by atoms with Crippen molar-refractivity contribution in [3.05, 3.63) is 170 Å². The van der Waals surface area contributed by atoms with Crippen molar-refractivity contribution in [1.82, 2.24) is 19.5 Å². The zero-order chi connectivity index (χ0) is 33.0. The quantitative estimate of drug-likeness (QED) is 0.185. The molecule has 5 heteroatoms. The van der Waals surface area contributed by atoms with E-state index in [9.17, 15) is 0 Å². The Morgan fingerprint density at radius 3 is 1.62 bits per heavy atom. The number of fused-ring (bicyclic) bond motifs is 6. The summed E-state index contributed by atoms with van der Waals surface area (Å²) >= 11 is 1.86. The summed E-state index contributed by atoms with van der Waals surface area (Å²) < 4.78 is 4.99. The van der Waals surface area contributed by atoms with Gasteiger partial charge in [0.2, 0.25) is 0 Å². The van der Waals surface area contributed by atoms with Gasteiger partial charge >= 0.3 is 0 Å². The molecule has 0 fully saturated rings. The zero-order valence-corrected chi connectivity index (χ0v) is 27.7. The first-order valence-corrected chi connectivity index (χ1v) is 17.5. The average molecular weight is 657 g/mol. The fourth-order valence-corrected chi connectivity index (χ4v) is 8.17. The molecule has 0 spiro atoms. The number of thiophene rings is 1. The van der Waals surface area contributed by atoms with Gasteiger partial charge in [-0.3, -0.25) is 0 Å². The Bertz CT molecular complexity index is 2800. The van der Waals surface area contributed by atoms with Crippen molar-refractivity contribution in [2.75, 3.05) is 0 Å². The van der Waals surface area contributed by atoms with E-state index in [0.29, 0.717) is 17.5 Å². The molecule has 0 aliphatic rings. The molecule has 0 atom stereocenters. The monoisotopic (exact) mass is 656 g/mol. The molecule has 0 aliphatic heterocycles. The highest BCUT2D eigenvalue weighted by Gasteiger charge is 2.18. The van der Waals surface area contributed by atoms with Crippen molar-refractivity contribution >= 4 is 53.3 Å². The lowest BCUT2D eigenvalue weighted by atomic mass is 10.0. The van der Waals surface area contributed by atoms with Gasteiger partial charge < -0.3 is 4.57 Å². The van der Waals surface area contributed by atoms with Crippen LogP contribution in [0.4, 0.5) is 0 Å². The van der Waals surface area contributed by atoms with Crippen LogP contribution in [0.25, 0.3) is 93.0 Å². The third-order valence-electron chi connectivity index (χ3n) is 9.43. The first-order valence-electron chi connectivity index (χ1n) is 16.7. The molecule has 234 valence electrons. The summed E-state index contributed by atoms with van der Waals surface area (Å²) in [6, 6.07) is 59.8. The van der Waals surface area contributed by atoms with Crippen molar-refractivity contribution in [3.63, 3.8) is 0 Å². The molecule has 3 heterocycles. The van der Waals surface area contributed by atoms with Crippen LogP contribution < -0.4 is 0 Å². The maximum Gasteiger partial charge on any atom is 0.164 e. The number of aromatic nitrogens is 4. The van der Waals surface area contributed by atoms with Gasteiger partial charge in [0.15, 0.2) is 17.5 Å². The summed E-state index contributed by atoms with van der Waals surface area (Å²) in [5, 5.41) is 5.03. The van der Waals surface area contributed by atoms with Gasteiger partial charge in [0.05, 0.1) is 11.0 Å². The van der Waals surface area contributed by atoms with Gasteiger partial charge in [0.25, 0.3) is 0 Å². The molecule has 10 aromatic rings. The van der Waals surface area contributed by atoms with E-state index in [4.69, 9.17) is 15.0 Å². The summed E-state index contributed by atoms with van der Waals surface area (Å²) in [4.78, 5) is 15.0. The fraction of sp³-hybridized carbons (Fsp3) is 0. The molecule has 0 saturated heterocycles. The van der Waals surface area contributed by atoms with Crippen LogP contribution >= 0.6 is 11.3 Å². The topological polar surface area (TPSA) is 43.6 Å². The van der Waals surface area contributed by atoms with Crippen molar-refractivity contribution in [1.29, 1.82) is 0 Å². The number of hydrogen-bond acceptors (Lipinski definition) is 4. The molecular weight excluding hydrogens is 629 g/mol. The molecule has 0 aliphatic carbocycles. The highest BCUT2D eigenvalue weighted by atomic mass is 32.1. The molecule has 0 amide bonds. The third-order valence-corrected chi connectivity index (χ3v) is 10.6. The van der Waals surface area contributed by atoms with Crippen LogP contribution in [-0.4, -0.2) is 19.5 Å². The van der Waals surface area contributed by atoms with E-state index in [-0.39, 0.29) is 0 Å². The summed E-state index contributed by atoms with van der Waals surface area (Å²) in [6.45, 7) is 0. The molecule has 10 rings (SSSR count). The van der Waals surface area contributed by atoms with E-state index in [2.05, 4.69) is 114 Å². The van der Waals surface area contributed by atoms with Gasteiger partial charge in [-0.2, -0.15) is 0 Å². The number of rotatable bonds is 5. The van der Waals surface area contributed by atoms with Crippen LogP contribution in [0.5, 0.6) is 0 Å². The molecule has 0 unspecified atom stereocenters. The van der Waals surface area contributed by atoms with Gasteiger partial charge in [-0.05, 0) is 53.6 Å². The Labute approximate surface area is 292 Å². The van der Waals surface area contributed by atoms with Crippen molar-refractivity contribution < 1.29 is 0 Å². The minimum Gasteiger partial charge on any atom is -0.309 e. The molecule has 50 heavy (non-hydrogen) atoms. The van der Waals surface area contributed by atoms with Gasteiger partial charge in [0.1, 0.15) is 0 Å². The lowest BCUT2D eigenvalue weighted by Gasteiger charge is -2.12. The van der Waals surface area contributed by atoms with Crippen LogP contribution in [0.15, 0.2) is 170 Å². The van der Waals surface area contributed by atoms with Crippen LogP contribution in [0.2, 0.25) is 0 Å². The van der Waals surface area contributed by atoms with Crippen LogP contribution in [0.3, 0.4) is 0 Å². The second-order valence-corrected chi connectivity index (χ2v) is 13.6. The van der Waals surface area contributed by atoms with Gasteiger partial charge in [0, 0.05) is 53.3 Å². The second kappa shape index (κ2) is 11.6. The summed E-state index contributed by atoms with van der Waals surface area (Å²) in [6.07, 6.45) is 0. The van der Waals surface area contributed by atoms with E-state index in [1.54, 1.807) is 0 Å². The van der Waals surface area contributed by atoms with E-state index < -0.39 is 0 Å². The predicted octanol–water partition coefficient (Wildman–Crippen LogP) is 12.0. The van der Waals surface area contributed by atoms with Crippen molar-refractivity contribution in [2.24, 2.45) is 0 Å². The number of benzene rings is 7. The first kappa shape index (κ1) is 28.6. The standard InChI is InChI=1S/C45H28N4S/c1-4-13-29(14-5-1)32-23-24-39-36(26-32)37-28-42-38(35-21-10-11-22-41(35)50-42)27-40(37)49(39)34-20-12-19-33(25-34)45-47-43(30-15-6-2-7-16-30)46-44(48-45)31-17-8-3-9-18-31/h1-28H. The van der Waals surface area contributed by atoms with Crippen molar-refractivity contribution in [2.45, 2.75) is 0 Å². The predicted molar refractivity (Wildman–Crippen MR) is 209 cm³/mol. The summed E-state index contributed by atoms with van der Waals surface area (Å²) in [5.41, 5.74) is 8.62. The molecule has 7 aromatic carbocycles. The molecule has 0 bridgehead atoms. The normalized spacial score (nSPS) is 11.6. The Morgan fingerprint density at radius 1 is 0.340 bits per heavy atom. The van der Waals surface area contributed by atoms with Crippen LogP contribution in [0.1, 0.15) is 0 Å². The first-order chi connectivity index (χ1) is 24.8. The van der Waals surface area contributed by atoms with Crippen LogP contribution in [0, 0.1) is 0 Å². The largest absolute Gasteiger partial charge is 0.309 e. The third kappa shape index (κ3) is 4.79. The van der Waals surface area contributed by atoms with Crippen LogP contribution in [-0.2, 0) is 0 Å². The Hall–Kier alpha value is -6.43. The van der Waals surface area contributed by atoms with E-state index in [1.807, 2.05) is 72.0 Å². The lowest BCUT2D eigenvalue weighted by Crippen LogP contribution is -2.01. The van der Waals surface area contributed by atoms with Gasteiger partial charge in [-0.15, -0.1) is 11.3 Å². The smallest absolute Gasteiger partial charge is 0.164 e. The van der Waals surface area contributed by atoms with Gasteiger partial charge in [-0.25, -0.2) is 15.0 Å². The highest BCUT2D eigenvalue weighted by Crippen LogP contribution is 2.42. The SMILES string of the molecule is c1ccc(-c2ccc3c(c2)c2cc4sc5ccccc5c4cc2n3-c2cccc(-c3nc(-c4ccccc4)nc(-c4ccccc4)n3)c2)cc1. The fourth-order valence-electron chi connectivity index (χ4n) is 7.05. The highest BCUT2D eigenvalue weighted by molar-refractivity contribution is 7.25. The number of nitrogens with zero attached hydrogens (tertiary/aromatic N) is 4. The lowest BCUT2D eigenvalue weighted by molar-refractivity contribution is 1.07. The Balaban J connectivity index is 1.21. The molecule has 3 aromatic heterocycles. The summed E-state index contributed by atoms with van der Waals surface area (Å²) in [7, 11) is 0. The Morgan fingerprint density at radius 2 is 0.920 bits per heavy atom. The zero-order valence-electron chi connectivity index (χ0n) is 26.9. The van der Waals surface area contributed by atoms with E-state index >= 15 is 0 Å². The molecule has 0 saturated carbocycles. The second-order valence-electron chi connectivity index (χ2n) is 12.5. The minimum absolute atomic E-state index is 0.637. The van der Waals surface area contributed by atoms with Gasteiger partial charge in [-0.1, -0.05) is 127 Å². The average Bonchev–Trinajstić information content (AvgIpc) is 3.72. The van der Waals surface area contributed by atoms with E-state index in [1.165, 1.54) is 47.6 Å². The van der Waals surface area contributed by atoms with E-state index in [0.717, 1.165) is 27.9 Å². The maximum absolute atomic E-state index is 5.03. The molecule has 0 radical (unpaired) electrons. The minimum atomic E-state index is 0.637. The maximum atomic E-state index is 5.03. The molecule has 0 N–H and O–H groups in total. The molecular formula is C45H28N4S. The van der Waals surface area contributed by atoms with Crippen molar-refractivity contribution in [3.8, 4) is 51.0 Å². The molecule has 4 nitrogen and oxygen atoms in total. The number of hydrogen-bond donors (Lipinski definition) is 0. The Kier molecular flexibility index (Phi) is 6.64. The summed E-state index contributed by atoms with van der Waals surface area (Å²) in [5.74, 6) is 1.94.